The van der Waals surface area contributed by atoms with Gasteiger partial charge in [-0.2, -0.15) is 0 Å². The van der Waals surface area contributed by atoms with Crippen molar-refractivity contribution < 1.29 is 9.53 Å². The van der Waals surface area contributed by atoms with Gasteiger partial charge in [-0.3, -0.25) is 14.2 Å². The Kier molecular flexibility index (Phi) is 6.37. The van der Waals surface area contributed by atoms with Gasteiger partial charge in [0.05, 0.1) is 23.8 Å². The molecule has 0 atom stereocenters. The monoisotopic (exact) mass is 457 g/mol. The number of carbonyl (C=O) groups is 1. The molecule has 0 aliphatic rings. The highest BCUT2D eigenvalue weighted by Gasteiger charge is 2.13. The largest absolute Gasteiger partial charge is 0.492 e. The standard InChI is InChI=1S/C22H24BrN3O3/c1-22(2,3)15-4-7-17(8-5-15)29-11-10-24-20(27)13-26-14-25-19-9-6-16(23)12-18(19)21(26)28/h4-9,12,14H,10-11,13H2,1-3H3,(H,24,27). The molecule has 0 saturated carbocycles. The number of nitrogens with zero attached hydrogens (tertiary/aromatic N) is 2. The minimum Gasteiger partial charge on any atom is -0.492 e. The summed E-state index contributed by atoms with van der Waals surface area (Å²) in [5.74, 6) is 0.489. The summed E-state index contributed by atoms with van der Waals surface area (Å²) in [5, 5.41) is 3.23. The maximum absolute atomic E-state index is 12.5. The Hall–Kier alpha value is -2.67. The lowest BCUT2D eigenvalue weighted by molar-refractivity contribution is -0.121. The Morgan fingerprint density at radius 1 is 1.17 bits per heavy atom. The molecule has 3 aromatic rings. The van der Waals surface area contributed by atoms with Crippen molar-refractivity contribution in [2.45, 2.75) is 32.7 Å². The van der Waals surface area contributed by atoms with Crippen LogP contribution in [-0.2, 0) is 16.8 Å². The summed E-state index contributed by atoms with van der Waals surface area (Å²) in [7, 11) is 0. The Morgan fingerprint density at radius 3 is 2.59 bits per heavy atom. The summed E-state index contributed by atoms with van der Waals surface area (Å²) in [4.78, 5) is 28.9. The highest BCUT2D eigenvalue weighted by molar-refractivity contribution is 9.10. The normalized spacial score (nSPS) is 11.4. The molecule has 1 aromatic heterocycles. The van der Waals surface area contributed by atoms with Crippen molar-refractivity contribution in [1.82, 2.24) is 14.9 Å². The van der Waals surface area contributed by atoms with Gasteiger partial charge >= 0.3 is 0 Å². The zero-order valence-electron chi connectivity index (χ0n) is 16.7. The molecule has 0 bridgehead atoms. The third kappa shape index (κ3) is 5.44. The third-order valence-electron chi connectivity index (χ3n) is 4.51. The number of halogens is 1. The van der Waals surface area contributed by atoms with Gasteiger partial charge in [0.15, 0.2) is 0 Å². The summed E-state index contributed by atoms with van der Waals surface area (Å²) in [6.07, 6.45) is 1.39. The van der Waals surface area contributed by atoms with Gasteiger partial charge in [-0.25, -0.2) is 4.98 Å². The number of fused-ring (bicyclic) bond motifs is 1. The van der Waals surface area contributed by atoms with Crippen molar-refractivity contribution in [3.8, 4) is 5.75 Å². The first kappa shape index (κ1) is 21.0. The van der Waals surface area contributed by atoms with Gasteiger partial charge < -0.3 is 10.1 Å². The smallest absolute Gasteiger partial charge is 0.261 e. The van der Waals surface area contributed by atoms with Crippen LogP contribution < -0.4 is 15.6 Å². The minimum atomic E-state index is -0.269. The molecule has 1 N–H and O–H groups in total. The van der Waals surface area contributed by atoms with E-state index in [0.29, 0.717) is 24.1 Å². The van der Waals surface area contributed by atoms with E-state index >= 15 is 0 Å². The van der Waals surface area contributed by atoms with Crippen molar-refractivity contribution >= 4 is 32.7 Å². The summed E-state index contributed by atoms with van der Waals surface area (Å²) in [5.41, 5.74) is 1.68. The summed E-state index contributed by atoms with van der Waals surface area (Å²) in [6.45, 7) is 7.09. The van der Waals surface area contributed by atoms with Gasteiger partial charge in [-0.1, -0.05) is 48.8 Å². The predicted molar refractivity (Wildman–Crippen MR) is 117 cm³/mol. The first-order valence-electron chi connectivity index (χ1n) is 9.39. The molecule has 0 saturated heterocycles. The molecule has 0 fully saturated rings. The number of rotatable bonds is 6. The molecule has 7 heteroatoms. The Balaban J connectivity index is 1.51. The van der Waals surface area contributed by atoms with E-state index in [4.69, 9.17) is 4.74 Å². The fourth-order valence-electron chi connectivity index (χ4n) is 2.86. The average Bonchev–Trinajstić information content (AvgIpc) is 2.67. The fourth-order valence-corrected chi connectivity index (χ4v) is 3.23. The van der Waals surface area contributed by atoms with Crippen LogP contribution >= 0.6 is 15.9 Å². The van der Waals surface area contributed by atoms with Crippen LogP contribution in [0.15, 0.2) is 58.1 Å². The van der Waals surface area contributed by atoms with Crippen molar-refractivity contribution in [1.29, 1.82) is 0 Å². The van der Waals surface area contributed by atoms with Crippen LogP contribution in [0.4, 0.5) is 0 Å². The Labute approximate surface area is 178 Å². The second-order valence-corrected chi connectivity index (χ2v) is 8.73. The number of amides is 1. The number of ether oxygens (including phenoxy) is 1. The molecule has 3 rings (SSSR count). The van der Waals surface area contributed by atoms with Crippen molar-refractivity contribution in [3.05, 3.63) is 69.2 Å². The van der Waals surface area contributed by atoms with Crippen LogP contribution in [0.25, 0.3) is 10.9 Å². The predicted octanol–water partition coefficient (Wildman–Crippen LogP) is 3.65. The molecule has 6 nitrogen and oxygen atoms in total. The van der Waals surface area contributed by atoms with E-state index in [0.717, 1.165) is 10.2 Å². The van der Waals surface area contributed by atoms with Crippen molar-refractivity contribution in [3.63, 3.8) is 0 Å². The van der Waals surface area contributed by atoms with Crippen LogP contribution in [0.2, 0.25) is 0 Å². The van der Waals surface area contributed by atoms with E-state index in [1.165, 1.54) is 16.5 Å². The topological polar surface area (TPSA) is 73.2 Å². The lowest BCUT2D eigenvalue weighted by atomic mass is 9.87. The lowest BCUT2D eigenvalue weighted by Crippen LogP contribution is -2.34. The molecule has 0 spiro atoms. The van der Waals surface area contributed by atoms with Gasteiger partial charge in [0.2, 0.25) is 5.91 Å². The summed E-state index contributed by atoms with van der Waals surface area (Å²) >= 11 is 3.35. The van der Waals surface area contributed by atoms with Crippen molar-refractivity contribution in [2.75, 3.05) is 13.2 Å². The summed E-state index contributed by atoms with van der Waals surface area (Å²) in [6, 6.07) is 13.2. The molecule has 29 heavy (non-hydrogen) atoms. The molecular formula is C22H24BrN3O3. The molecule has 1 amide bonds. The van der Waals surface area contributed by atoms with Crippen LogP contribution in [0.5, 0.6) is 5.75 Å². The quantitative estimate of drug-likeness (QED) is 0.573. The lowest BCUT2D eigenvalue weighted by Gasteiger charge is -2.19. The number of hydrogen-bond donors (Lipinski definition) is 1. The first-order chi connectivity index (χ1) is 13.7. The molecule has 0 aliphatic heterocycles. The fraction of sp³-hybridized carbons (Fsp3) is 0.318. The second kappa shape index (κ2) is 8.78. The number of carbonyl (C=O) groups excluding carboxylic acids is 1. The SMILES string of the molecule is CC(C)(C)c1ccc(OCCNC(=O)Cn2cnc3ccc(Br)cc3c2=O)cc1. The van der Waals surface area contributed by atoms with Gasteiger partial charge in [-0.15, -0.1) is 0 Å². The van der Waals surface area contributed by atoms with Crippen LogP contribution in [0.3, 0.4) is 0 Å². The van der Waals surface area contributed by atoms with E-state index in [9.17, 15) is 9.59 Å². The second-order valence-electron chi connectivity index (χ2n) is 7.81. The van der Waals surface area contributed by atoms with Crippen LogP contribution in [-0.4, -0.2) is 28.6 Å². The minimum absolute atomic E-state index is 0.0887. The van der Waals surface area contributed by atoms with Gasteiger partial charge in [0.25, 0.3) is 5.56 Å². The molecular weight excluding hydrogens is 434 g/mol. The zero-order chi connectivity index (χ0) is 21.0. The van der Waals surface area contributed by atoms with Crippen molar-refractivity contribution in [2.24, 2.45) is 0 Å². The highest BCUT2D eigenvalue weighted by Crippen LogP contribution is 2.24. The third-order valence-corrected chi connectivity index (χ3v) is 5.01. The molecule has 0 aliphatic carbocycles. The van der Waals surface area contributed by atoms with E-state index in [1.54, 1.807) is 12.1 Å². The Morgan fingerprint density at radius 2 is 1.90 bits per heavy atom. The molecule has 152 valence electrons. The van der Waals surface area contributed by atoms with Gasteiger partial charge in [-0.05, 0) is 41.3 Å². The number of hydrogen-bond acceptors (Lipinski definition) is 4. The van der Waals surface area contributed by atoms with E-state index in [1.807, 2.05) is 30.3 Å². The number of benzene rings is 2. The van der Waals surface area contributed by atoms with E-state index in [2.05, 4.69) is 47.0 Å². The zero-order valence-corrected chi connectivity index (χ0v) is 18.3. The number of aromatic nitrogens is 2. The maximum Gasteiger partial charge on any atom is 0.261 e. The van der Waals surface area contributed by atoms with Crippen LogP contribution in [0, 0.1) is 0 Å². The van der Waals surface area contributed by atoms with E-state index < -0.39 is 0 Å². The van der Waals surface area contributed by atoms with E-state index in [-0.39, 0.29) is 23.4 Å². The Bertz CT molecular complexity index is 1070. The maximum atomic E-state index is 12.5. The molecule has 1 heterocycles. The highest BCUT2D eigenvalue weighted by atomic mass is 79.9. The molecule has 0 unspecified atom stereocenters. The average molecular weight is 458 g/mol. The summed E-state index contributed by atoms with van der Waals surface area (Å²) < 4.78 is 7.76. The molecule has 0 radical (unpaired) electrons. The van der Waals surface area contributed by atoms with Gasteiger partial charge in [0.1, 0.15) is 18.9 Å². The van der Waals surface area contributed by atoms with Gasteiger partial charge in [0, 0.05) is 4.47 Å². The number of nitrogens with one attached hydrogen (secondary N) is 1. The molecule has 2 aromatic carbocycles. The van der Waals surface area contributed by atoms with Crippen LogP contribution in [0.1, 0.15) is 26.3 Å². The first-order valence-corrected chi connectivity index (χ1v) is 10.2.